The Bertz CT molecular complexity index is 1100. The lowest BCUT2D eigenvalue weighted by Gasteiger charge is -2.25. The summed E-state index contributed by atoms with van der Waals surface area (Å²) in [5.41, 5.74) is 9.48. The summed E-state index contributed by atoms with van der Waals surface area (Å²) in [5.74, 6) is 1.03. The van der Waals surface area contributed by atoms with Gasteiger partial charge in [0.1, 0.15) is 5.75 Å². The molecule has 3 aromatic rings. The van der Waals surface area contributed by atoms with E-state index in [9.17, 15) is 4.79 Å². The van der Waals surface area contributed by atoms with Crippen LogP contribution in [0.3, 0.4) is 0 Å². The first-order valence-corrected chi connectivity index (χ1v) is 10.4. The van der Waals surface area contributed by atoms with Crippen molar-refractivity contribution in [2.45, 2.75) is 19.3 Å². The molecule has 1 N–H and O–H groups in total. The predicted molar refractivity (Wildman–Crippen MR) is 116 cm³/mol. The lowest BCUT2D eigenvalue weighted by molar-refractivity contribution is -0.117. The molecule has 5 rings (SSSR count). The van der Waals surface area contributed by atoms with Crippen LogP contribution in [0.1, 0.15) is 23.1 Å². The van der Waals surface area contributed by atoms with E-state index in [2.05, 4.69) is 27.6 Å². The van der Waals surface area contributed by atoms with Crippen molar-refractivity contribution in [1.29, 1.82) is 0 Å². The Balaban J connectivity index is 1.33. The predicted octanol–water partition coefficient (Wildman–Crippen LogP) is 4.10. The zero-order chi connectivity index (χ0) is 19.8. The Morgan fingerprint density at radius 2 is 2.07 bits per heavy atom. The zero-order valence-electron chi connectivity index (χ0n) is 16.0. The third-order valence-electron chi connectivity index (χ3n) is 5.30. The van der Waals surface area contributed by atoms with Crippen LogP contribution in [0.4, 0.5) is 10.8 Å². The van der Waals surface area contributed by atoms with Crippen molar-refractivity contribution in [2.24, 2.45) is 5.10 Å². The van der Waals surface area contributed by atoms with Crippen molar-refractivity contribution in [3.8, 4) is 17.0 Å². The van der Waals surface area contributed by atoms with E-state index in [-0.39, 0.29) is 5.91 Å². The summed E-state index contributed by atoms with van der Waals surface area (Å²) in [5, 5.41) is 7.03. The molecule has 29 heavy (non-hydrogen) atoms. The van der Waals surface area contributed by atoms with Crippen LogP contribution >= 0.6 is 11.3 Å². The summed E-state index contributed by atoms with van der Waals surface area (Å²) >= 11 is 1.51. The highest BCUT2D eigenvalue weighted by Crippen LogP contribution is 2.40. The Kier molecular flexibility index (Phi) is 4.52. The molecule has 0 unspecified atom stereocenters. The maximum Gasteiger partial charge on any atom is 0.231 e. The van der Waals surface area contributed by atoms with Gasteiger partial charge in [-0.15, -0.1) is 11.3 Å². The second-order valence-electron chi connectivity index (χ2n) is 7.15. The number of anilines is 2. The molecule has 0 aliphatic carbocycles. The van der Waals surface area contributed by atoms with Crippen LogP contribution in [0, 0.1) is 0 Å². The Morgan fingerprint density at radius 3 is 2.90 bits per heavy atom. The van der Waals surface area contributed by atoms with E-state index < -0.39 is 0 Å². The normalized spacial score (nSPS) is 15.1. The Labute approximate surface area is 172 Å². The number of nitrogens with zero attached hydrogens (tertiary/aromatic N) is 3. The molecule has 146 valence electrons. The molecule has 0 fully saturated rings. The van der Waals surface area contributed by atoms with Gasteiger partial charge in [0.2, 0.25) is 11.0 Å². The highest BCUT2D eigenvalue weighted by molar-refractivity contribution is 7.14. The van der Waals surface area contributed by atoms with Crippen molar-refractivity contribution >= 4 is 34.3 Å². The Hall–Kier alpha value is -3.19. The number of hydrogen-bond donors (Lipinski definition) is 1. The summed E-state index contributed by atoms with van der Waals surface area (Å²) in [6, 6.07) is 12.0. The second-order valence-corrected chi connectivity index (χ2v) is 8.01. The largest absolute Gasteiger partial charge is 0.497 e. The number of thiazole rings is 1. The summed E-state index contributed by atoms with van der Waals surface area (Å²) in [6.07, 6.45) is 4.28. The van der Waals surface area contributed by atoms with E-state index in [1.165, 1.54) is 16.9 Å². The van der Waals surface area contributed by atoms with Crippen LogP contribution in [-0.2, 0) is 17.6 Å². The maximum atomic E-state index is 12.3. The van der Waals surface area contributed by atoms with Gasteiger partial charge >= 0.3 is 0 Å². The van der Waals surface area contributed by atoms with Gasteiger partial charge in [0, 0.05) is 17.5 Å². The fourth-order valence-electron chi connectivity index (χ4n) is 3.94. The van der Waals surface area contributed by atoms with Crippen molar-refractivity contribution in [3.63, 3.8) is 0 Å². The molecule has 6 nitrogen and oxygen atoms in total. The van der Waals surface area contributed by atoms with E-state index in [0.29, 0.717) is 6.42 Å². The van der Waals surface area contributed by atoms with E-state index in [1.807, 2.05) is 34.5 Å². The number of aryl methyl sites for hydroxylation is 1. The third-order valence-corrected chi connectivity index (χ3v) is 6.04. The van der Waals surface area contributed by atoms with E-state index in [1.54, 1.807) is 13.3 Å². The third kappa shape index (κ3) is 3.38. The molecule has 0 atom stereocenters. The van der Waals surface area contributed by atoms with Gasteiger partial charge in [-0.3, -0.25) is 10.2 Å². The summed E-state index contributed by atoms with van der Waals surface area (Å²) in [4.78, 5) is 18.9. The van der Waals surface area contributed by atoms with Crippen molar-refractivity contribution < 1.29 is 9.53 Å². The molecule has 2 aliphatic rings. The van der Waals surface area contributed by atoms with Crippen LogP contribution in [-0.4, -0.2) is 30.8 Å². The minimum atomic E-state index is 0.214. The van der Waals surface area contributed by atoms with E-state index >= 15 is 0 Å². The number of hydrogen-bond acceptors (Lipinski definition) is 6. The molecule has 1 aromatic heterocycles. The van der Waals surface area contributed by atoms with Gasteiger partial charge in [0.25, 0.3) is 0 Å². The first kappa shape index (κ1) is 17.9. The fraction of sp³-hybridized carbons (Fsp3) is 0.227. The van der Waals surface area contributed by atoms with E-state index in [4.69, 9.17) is 4.74 Å². The number of aromatic nitrogens is 1. The molecule has 0 spiro atoms. The molecule has 0 radical (unpaired) electrons. The molecular weight excluding hydrogens is 384 g/mol. The summed E-state index contributed by atoms with van der Waals surface area (Å²) < 4.78 is 5.16. The highest BCUT2D eigenvalue weighted by Gasteiger charge is 2.32. The number of carbonyl (C=O) groups excluding carboxylic acids is 1. The molecule has 0 saturated carbocycles. The SMILES string of the molecule is COc1ccc(C=NNc2nc(-c3cc4c5c(c3)CC(=O)N5CCC4)cs2)cc1. The molecule has 0 saturated heterocycles. The summed E-state index contributed by atoms with van der Waals surface area (Å²) in [7, 11) is 1.65. The molecule has 2 aromatic carbocycles. The van der Waals surface area contributed by atoms with Crippen molar-refractivity contribution in [3.05, 3.63) is 58.5 Å². The van der Waals surface area contributed by atoms with Crippen molar-refractivity contribution in [2.75, 3.05) is 24.0 Å². The highest BCUT2D eigenvalue weighted by atomic mass is 32.1. The number of amides is 1. The number of rotatable bonds is 5. The topological polar surface area (TPSA) is 66.8 Å². The van der Waals surface area contributed by atoms with Gasteiger partial charge in [0.05, 0.1) is 31.1 Å². The van der Waals surface area contributed by atoms with Gasteiger partial charge in [-0.05, 0) is 65.9 Å². The van der Waals surface area contributed by atoms with Gasteiger partial charge in [-0.1, -0.05) is 0 Å². The van der Waals surface area contributed by atoms with Gasteiger partial charge in [-0.2, -0.15) is 5.10 Å². The van der Waals surface area contributed by atoms with Crippen LogP contribution < -0.4 is 15.1 Å². The van der Waals surface area contributed by atoms with Crippen molar-refractivity contribution in [1.82, 2.24) is 4.98 Å². The number of ether oxygens (including phenoxy) is 1. The van der Waals surface area contributed by atoms with Crippen LogP contribution in [0.2, 0.25) is 0 Å². The van der Waals surface area contributed by atoms with E-state index in [0.717, 1.165) is 58.3 Å². The average molecular weight is 404 g/mol. The van der Waals surface area contributed by atoms with Gasteiger partial charge in [0.15, 0.2) is 0 Å². The van der Waals surface area contributed by atoms with Gasteiger partial charge in [-0.25, -0.2) is 4.98 Å². The monoisotopic (exact) mass is 404 g/mol. The number of hydrazone groups is 1. The molecule has 0 bridgehead atoms. The zero-order valence-corrected chi connectivity index (χ0v) is 16.8. The minimum absolute atomic E-state index is 0.214. The number of methoxy groups -OCH3 is 1. The first-order chi connectivity index (χ1) is 14.2. The van der Waals surface area contributed by atoms with Crippen LogP contribution in [0.5, 0.6) is 5.75 Å². The number of nitrogens with one attached hydrogen (secondary N) is 1. The minimum Gasteiger partial charge on any atom is -0.497 e. The first-order valence-electron chi connectivity index (χ1n) is 9.56. The average Bonchev–Trinajstić information content (AvgIpc) is 3.34. The lowest BCUT2D eigenvalue weighted by atomic mass is 9.96. The maximum absolute atomic E-state index is 12.3. The quantitative estimate of drug-likeness (QED) is 0.514. The number of benzene rings is 2. The standard InChI is InChI=1S/C22H20N4O2S/c1-28-18-6-4-14(5-7-18)12-23-25-22-24-19(13-29-22)16-9-15-3-2-8-26-20(27)11-17(10-16)21(15)26/h4-7,9-10,12-13H,2-3,8,11H2,1H3,(H,24,25). The van der Waals surface area contributed by atoms with Gasteiger partial charge < -0.3 is 9.64 Å². The summed E-state index contributed by atoms with van der Waals surface area (Å²) in [6.45, 7) is 0.842. The molecule has 7 heteroatoms. The Morgan fingerprint density at radius 1 is 1.24 bits per heavy atom. The molecule has 3 heterocycles. The second kappa shape index (κ2) is 7.33. The number of carbonyl (C=O) groups is 1. The smallest absolute Gasteiger partial charge is 0.231 e. The van der Waals surface area contributed by atoms with Crippen LogP contribution in [0.25, 0.3) is 11.3 Å². The van der Waals surface area contributed by atoms with Crippen LogP contribution in [0.15, 0.2) is 46.9 Å². The lowest BCUT2D eigenvalue weighted by Crippen LogP contribution is -2.31. The molecule has 1 amide bonds. The fourth-order valence-corrected chi connectivity index (χ4v) is 4.61. The molecular formula is C22H20N4O2S. The molecule has 2 aliphatic heterocycles.